The number of sulfonamides is 1. The second kappa shape index (κ2) is 9.17. The quantitative estimate of drug-likeness (QED) is 0.514. The highest BCUT2D eigenvalue weighted by Gasteiger charge is 2.44. The van der Waals surface area contributed by atoms with Crippen molar-refractivity contribution < 1.29 is 31.1 Å². The molecule has 2 aromatic heterocycles. The molecule has 1 atom stereocenters. The highest BCUT2D eigenvalue weighted by Crippen LogP contribution is 2.36. The monoisotopic (exact) mass is 483 g/mol. The fourth-order valence-corrected chi connectivity index (χ4v) is 3.65. The van der Waals surface area contributed by atoms with Crippen molar-refractivity contribution in [2.45, 2.75) is 25.6 Å². The van der Waals surface area contributed by atoms with E-state index in [9.17, 15) is 26.4 Å². The average Bonchev–Trinajstić information content (AvgIpc) is 3.07. The van der Waals surface area contributed by atoms with Crippen molar-refractivity contribution in [1.82, 2.24) is 20.0 Å². The number of pyridine rings is 1. The fourth-order valence-electron chi connectivity index (χ4n) is 3.04. The van der Waals surface area contributed by atoms with E-state index in [1.54, 1.807) is 13.0 Å². The molecule has 13 heteroatoms. The molecule has 2 heterocycles. The molecule has 0 aliphatic carbocycles. The summed E-state index contributed by atoms with van der Waals surface area (Å²) in [6.07, 6.45) is -6.76. The summed E-state index contributed by atoms with van der Waals surface area (Å²) in [6, 6.07) is 9.76. The zero-order chi connectivity index (χ0) is 24.4. The minimum Gasteiger partial charge on any atom is -0.447 e. The normalized spacial score (nSPS) is 12.9. The lowest BCUT2D eigenvalue weighted by molar-refractivity contribution is -0.223. The van der Waals surface area contributed by atoms with E-state index in [4.69, 9.17) is 4.74 Å². The summed E-state index contributed by atoms with van der Waals surface area (Å²) < 4.78 is 71.8. The van der Waals surface area contributed by atoms with E-state index in [1.807, 2.05) is 0 Å². The van der Waals surface area contributed by atoms with Gasteiger partial charge in [-0.3, -0.25) is 14.2 Å². The van der Waals surface area contributed by atoms with Gasteiger partial charge in [-0.25, -0.2) is 13.4 Å². The Morgan fingerprint density at radius 2 is 1.85 bits per heavy atom. The number of anilines is 1. The smallest absolute Gasteiger partial charge is 0.429 e. The summed E-state index contributed by atoms with van der Waals surface area (Å²) in [7, 11) is -2.04. The molecule has 3 aromatic rings. The summed E-state index contributed by atoms with van der Waals surface area (Å²) >= 11 is 0. The first-order valence-electron chi connectivity index (χ1n) is 9.50. The van der Waals surface area contributed by atoms with Crippen LogP contribution in [0.25, 0.3) is 11.4 Å². The maximum Gasteiger partial charge on any atom is 0.429 e. The van der Waals surface area contributed by atoms with Crippen LogP contribution < -0.4 is 4.72 Å². The van der Waals surface area contributed by atoms with E-state index in [0.29, 0.717) is 5.69 Å². The van der Waals surface area contributed by atoms with Gasteiger partial charge in [-0.1, -0.05) is 35.5 Å². The highest BCUT2D eigenvalue weighted by molar-refractivity contribution is 7.92. The van der Waals surface area contributed by atoms with Crippen molar-refractivity contribution >= 4 is 21.7 Å². The van der Waals surface area contributed by atoms with Gasteiger partial charge in [-0.2, -0.15) is 13.2 Å². The first kappa shape index (κ1) is 24.2. The Bertz CT molecular complexity index is 1260. The summed E-state index contributed by atoms with van der Waals surface area (Å²) in [6.45, 7) is 1.56. The molecule has 0 spiro atoms. The van der Waals surface area contributed by atoms with Crippen molar-refractivity contribution in [3.05, 3.63) is 59.4 Å². The standard InChI is InChI=1S/C20H20F3N5O4S/c1-12-14(26-33(3,30)31)9-10-15(24-12)18-16(28(2)27-25-18)11-17(29)32-19(20(21,22)23)13-7-5-4-6-8-13/h4-10,19,26H,11H2,1-3H3/t19-/m0/s1. The second-order valence-corrected chi connectivity index (χ2v) is 8.96. The Balaban J connectivity index is 1.85. The second-order valence-electron chi connectivity index (χ2n) is 7.21. The summed E-state index contributed by atoms with van der Waals surface area (Å²) in [5.74, 6) is -1.13. The van der Waals surface area contributed by atoms with Gasteiger partial charge in [-0.15, -0.1) is 5.10 Å². The lowest BCUT2D eigenvalue weighted by Crippen LogP contribution is -2.27. The molecule has 0 aliphatic heterocycles. The molecule has 9 nitrogen and oxygen atoms in total. The van der Waals surface area contributed by atoms with Crippen LogP contribution >= 0.6 is 0 Å². The number of aryl methyl sites for hydroxylation is 2. The third-order valence-corrected chi connectivity index (χ3v) is 5.12. The van der Waals surface area contributed by atoms with Crippen molar-refractivity contribution in [3.63, 3.8) is 0 Å². The molecule has 1 N–H and O–H groups in total. The number of alkyl halides is 3. The maximum absolute atomic E-state index is 13.5. The zero-order valence-electron chi connectivity index (χ0n) is 17.8. The lowest BCUT2D eigenvalue weighted by Gasteiger charge is -2.21. The van der Waals surface area contributed by atoms with Crippen molar-refractivity contribution in [2.75, 3.05) is 11.0 Å². The van der Waals surface area contributed by atoms with E-state index >= 15 is 0 Å². The first-order valence-corrected chi connectivity index (χ1v) is 11.4. The van der Waals surface area contributed by atoms with Crippen LogP contribution in [-0.2, 0) is 33.0 Å². The Hall–Kier alpha value is -3.48. The molecule has 0 saturated heterocycles. The number of hydrogen-bond donors (Lipinski definition) is 1. The average molecular weight is 483 g/mol. The van der Waals surface area contributed by atoms with Gasteiger partial charge in [-0.05, 0) is 19.1 Å². The molecule has 0 aliphatic rings. The van der Waals surface area contributed by atoms with Crippen LogP contribution in [0.3, 0.4) is 0 Å². The van der Waals surface area contributed by atoms with Gasteiger partial charge in [0.25, 0.3) is 0 Å². The van der Waals surface area contributed by atoms with E-state index in [2.05, 4.69) is 20.0 Å². The molecule has 0 unspecified atom stereocenters. The van der Waals surface area contributed by atoms with Gasteiger partial charge >= 0.3 is 12.1 Å². The number of carbonyl (C=O) groups is 1. The van der Waals surface area contributed by atoms with Crippen LogP contribution in [-0.4, -0.2) is 46.8 Å². The van der Waals surface area contributed by atoms with Gasteiger partial charge in [0.1, 0.15) is 5.69 Å². The number of rotatable bonds is 7. The number of carbonyl (C=O) groups excluding carboxylic acids is 1. The summed E-state index contributed by atoms with van der Waals surface area (Å²) in [4.78, 5) is 16.7. The van der Waals surface area contributed by atoms with Crippen LogP contribution in [0.1, 0.15) is 23.1 Å². The van der Waals surface area contributed by atoms with Crippen molar-refractivity contribution in [3.8, 4) is 11.4 Å². The molecule has 0 fully saturated rings. The number of esters is 1. The number of ether oxygens (including phenoxy) is 1. The largest absolute Gasteiger partial charge is 0.447 e. The SMILES string of the molecule is Cc1nc(-c2nnn(C)c2CC(=O)O[C@@H](c2ccccc2)C(F)(F)F)ccc1NS(C)(=O)=O. The number of hydrogen-bond acceptors (Lipinski definition) is 7. The van der Waals surface area contributed by atoms with Crippen LogP contribution in [0, 0.1) is 6.92 Å². The Labute approximate surface area is 187 Å². The molecule has 33 heavy (non-hydrogen) atoms. The van der Waals surface area contributed by atoms with Gasteiger partial charge in [0, 0.05) is 12.6 Å². The number of halogens is 3. The molecule has 0 bridgehead atoms. The van der Waals surface area contributed by atoms with E-state index < -0.39 is 34.7 Å². The molecular formula is C20H20F3N5O4S. The number of aromatic nitrogens is 4. The topological polar surface area (TPSA) is 116 Å². The van der Waals surface area contributed by atoms with Gasteiger partial charge in [0.2, 0.25) is 16.1 Å². The third kappa shape index (κ3) is 6.06. The number of nitrogens with one attached hydrogen (secondary N) is 1. The van der Waals surface area contributed by atoms with Gasteiger partial charge in [0.05, 0.1) is 35.4 Å². The number of benzene rings is 1. The Morgan fingerprint density at radius 1 is 1.18 bits per heavy atom. The van der Waals surface area contributed by atoms with Crippen LogP contribution in [0.5, 0.6) is 0 Å². The molecule has 0 saturated carbocycles. The molecule has 176 valence electrons. The molecule has 0 amide bonds. The molecule has 3 rings (SSSR count). The lowest BCUT2D eigenvalue weighted by atomic mass is 10.1. The molecular weight excluding hydrogens is 463 g/mol. The number of nitrogens with zero attached hydrogens (tertiary/aromatic N) is 4. The van der Waals surface area contributed by atoms with Gasteiger partial charge in [0.15, 0.2) is 0 Å². The van der Waals surface area contributed by atoms with Crippen molar-refractivity contribution in [2.24, 2.45) is 7.05 Å². The van der Waals surface area contributed by atoms with E-state index in [0.717, 1.165) is 6.26 Å². The minimum absolute atomic E-state index is 0.159. The van der Waals surface area contributed by atoms with E-state index in [-0.39, 0.29) is 28.3 Å². The fraction of sp³-hybridized carbons (Fsp3) is 0.300. The van der Waals surface area contributed by atoms with E-state index in [1.165, 1.54) is 48.1 Å². The zero-order valence-corrected chi connectivity index (χ0v) is 18.6. The Kier molecular flexibility index (Phi) is 6.72. The maximum atomic E-state index is 13.5. The minimum atomic E-state index is -4.80. The first-order chi connectivity index (χ1) is 15.3. The third-order valence-electron chi connectivity index (χ3n) is 4.53. The predicted molar refractivity (Wildman–Crippen MR) is 112 cm³/mol. The molecule has 0 radical (unpaired) electrons. The molecule has 1 aromatic carbocycles. The summed E-state index contributed by atoms with van der Waals surface area (Å²) in [5.41, 5.74) is 0.988. The summed E-state index contributed by atoms with van der Waals surface area (Å²) in [5, 5.41) is 7.78. The van der Waals surface area contributed by atoms with Crippen LogP contribution in [0.2, 0.25) is 0 Å². The van der Waals surface area contributed by atoms with Crippen molar-refractivity contribution in [1.29, 1.82) is 0 Å². The van der Waals surface area contributed by atoms with Gasteiger partial charge < -0.3 is 4.74 Å². The predicted octanol–water partition coefficient (Wildman–Crippen LogP) is 2.95. The van der Waals surface area contributed by atoms with Crippen LogP contribution in [0.4, 0.5) is 18.9 Å². The van der Waals surface area contributed by atoms with Crippen LogP contribution in [0.15, 0.2) is 42.5 Å². The Morgan fingerprint density at radius 3 is 2.42 bits per heavy atom. The highest BCUT2D eigenvalue weighted by atomic mass is 32.2.